The van der Waals surface area contributed by atoms with Crippen LogP contribution in [0.1, 0.15) is 5.56 Å². The molecule has 3 heteroatoms. The highest BCUT2D eigenvalue weighted by Gasteiger charge is 2.04. The van der Waals surface area contributed by atoms with Crippen LogP contribution < -0.4 is 5.73 Å². The Labute approximate surface area is 88.5 Å². The summed E-state index contributed by atoms with van der Waals surface area (Å²) in [6, 6.07) is 4.94. The number of hydrogen-bond acceptors (Lipinski definition) is 2. The summed E-state index contributed by atoms with van der Waals surface area (Å²) in [5, 5.41) is 0. The first-order valence-electron chi connectivity index (χ1n) is 4.87. The molecule has 1 aromatic carbocycles. The fourth-order valence-corrected chi connectivity index (χ4v) is 1.53. The minimum atomic E-state index is -0.343. The highest BCUT2D eigenvalue weighted by atomic mass is 19.1. The number of nitrogen functional groups attached to an aromatic ring is 1. The molecule has 1 aromatic rings. The van der Waals surface area contributed by atoms with Gasteiger partial charge in [-0.05, 0) is 30.0 Å². The van der Waals surface area contributed by atoms with E-state index in [4.69, 9.17) is 5.73 Å². The van der Waals surface area contributed by atoms with Crippen molar-refractivity contribution in [2.75, 3.05) is 12.3 Å². The second-order valence-electron chi connectivity index (χ2n) is 3.55. The molecule has 2 rings (SSSR count). The number of halogens is 1. The van der Waals surface area contributed by atoms with Crippen LogP contribution in [0.15, 0.2) is 42.6 Å². The minimum Gasteiger partial charge on any atom is -0.396 e. The first kappa shape index (κ1) is 9.77. The van der Waals surface area contributed by atoms with Gasteiger partial charge in [0.1, 0.15) is 5.82 Å². The number of hydrogen-bond donors (Lipinski definition) is 1. The summed E-state index contributed by atoms with van der Waals surface area (Å²) < 4.78 is 13.2. The molecule has 1 aliphatic heterocycles. The average molecular weight is 204 g/mol. The molecule has 0 atom stereocenters. The van der Waals surface area contributed by atoms with Gasteiger partial charge in [0.25, 0.3) is 0 Å². The average Bonchev–Trinajstić information content (AvgIpc) is 2.25. The minimum absolute atomic E-state index is 0.202. The van der Waals surface area contributed by atoms with Crippen LogP contribution in [0.5, 0.6) is 0 Å². The van der Waals surface area contributed by atoms with Crippen LogP contribution in [0.3, 0.4) is 0 Å². The molecule has 0 saturated heterocycles. The van der Waals surface area contributed by atoms with Crippen molar-refractivity contribution in [1.29, 1.82) is 0 Å². The maximum Gasteiger partial charge on any atom is 0.146 e. The van der Waals surface area contributed by atoms with Gasteiger partial charge in [0, 0.05) is 13.1 Å². The summed E-state index contributed by atoms with van der Waals surface area (Å²) in [7, 11) is 0. The van der Waals surface area contributed by atoms with E-state index in [2.05, 4.69) is 11.0 Å². The number of allylic oxidation sites excluding steroid dienone is 2. The summed E-state index contributed by atoms with van der Waals surface area (Å²) in [6.45, 7) is 1.57. The highest BCUT2D eigenvalue weighted by molar-refractivity contribution is 5.41. The van der Waals surface area contributed by atoms with E-state index >= 15 is 0 Å². The molecule has 15 heavy (non-hydrogen) atoms. The van der Waals surface area contributed by atoms with E-state index in [9.17, 15) is 4.39 Å². The largest absolute Gasteiger partial charge is 0.396 e. The Morgan fingerprint density at radius 2 is 2.20 bits per heavy atom. The SMILES string of the molecule is Nc1ccc(CN2C=CC=CC2)cc1F. The van der Waals surface area contributed by atoms with Crippen molar-refractivity contribution in [3.8, 4) is 0 Å². The molecule has 1 heterocycles. The smallest absolute Gasteiger partial charge is 0.146 e. The molecule has 0 aromatic heterocycles. The van der Waals surface area contributed by atoms with Crippen molar-refractivity contribution in [3.63, 3.8) is 0 Å². The van der Waals surface area contributed by atoms with Crippen LogP contribution in [-0.4, -0.2) is 11.4 Å². The monoisotopic (exact) mass is 204 g/mol. The third kappa shape index (κ3) is 2.37. The Bertz CT molecular complexity index is 410. The zero-order valence-corrected chi connectivity index (χ0v) is 8.36. The van der Waals surface area contributed by atoms with Gasteiger partial charge >= 0.3 is 0 Å². The molecular weight excluding hydrogens is 191 g/mol. The Kier molecular flexibility index (Phi) is 2.72. The number of nitrogens with zero attached hydrogens (tertiary/aromatic N) is 1. The molecule has 0 bridgehead atoms. The lowest BCUT2D eigenvalue weighted by atomic mass is 10.2. The molecule has 0 spiro atoms. The van der Waals surface area contributed by atoms with Gasteiger partial charge in [-0.1, -0.05) is 18.2 Å². The molecule has 2 nitrogen and oxygen atoms in total. The van der Waals surface area contributed by atoms with Crippen LogP contribution in [0.2, 0.25) is 0 Å². The molecule has 2 N–H and O–H groups in total. The maximum absolute atomic E-state index is 13.2. The van der Waals surface area contributed by atoms with Crippen LogP contribution in [-0.2, 0) is 6.54 Å². The molecule has 0 amide bonds. The molecule has 0 unspecified atom stereocenters. The zero-order valence-electron chi connectivity index (χ0n) is 8.36. The lowest BCUT2D eigenvalue weighted by molar-refractivity contribution is 0.404. The Balaban J connectivity index is 2.07. The van der Waals surface area contributed by atoms with E-state index in [-0.39, 0.29) is 11.5 Å². The fraction of sp³-hybridized carbons (Fsp3) is 0.167. The third-order valence-corrected chi connectivity index (χ3v) is 2.33. The summed E-state index contributed by atoms with van der Waals surface area (Å²) in [4.78, 5) is 2.10. The van der Waals surface area contributed by atoms with E-state index in [0.717, 1.165) is 12.1 Å². The summed E-state index contributed by atoms with van der Waals surface area (Å²) in [5.74, 6) is -0.343. The van der Waals surface area contributed by atoms with Gasteiger partial charge in [0.2, 0.25) is 0 Å². The number of anilines is 1. The van der Waals surface area contributed by atoms with E-state index in [0.29, 0.717) is 6.54 Å². The normalized spacial score (nSPS) is 14.6. The lowest BCUT2D eigenvalue weighted by Crippen LogP contribution is -2.18. The van der Waals surface area contributed by atoms with Crippen LogP contribution >= 0.6 is 0 Å². The predicted octanol–water partition coefficient (Wildman–Crippen LogP) is 2.29. The predicted molar refractivity (Wildman–Crippen MR) is 59.5 cm³/mol. The van der Waals surface area contributed by atoms with E-state index in [1.165, 1.54) is 6.07 Å². The van der Waals surface area contributed by atoms with Gasteiger partial charge < -0.3 is 10.6 Å². The van der Waals surface area contributed by atoms with E-state index in [1.54, 1.807) is 6.07 Å². The summed E-state index contributed by atoms with van der Waals surface area (Å²) >= 11 is 0. The first-order chi connectivity index (χ1) is 7.25. The molecule has 78 valence electrons. The highest BCUT2D eigenvalue weighted by Crippen LogP contribution is 2.14. The van der Waals surface area contributed by atoms with Crippen molar-refractivity contribution in [2.45, 2.75) is 6.54 Å². The Hall–Kier alpha value is -1.77. The first-order valence-corrected chi connectivity index (χ1v) is 4.87. The van der Waals surface area contributed by atoms with Crippen molar-refractivity contribution in [3.05, 3.63) is 54.0 Å². The quantitative estimate of drug-likeness (QED) is 0.749. The zero-order chi connectivity index (χ0) is 10.7. The van der Waals surface area contributed by atoms with Gasteiger partial charge in [-0.3, -0.25) is 0 Å². The maximum atomic E-state index is 13.2. The van der Waals surface area contributed by atoms with E-state index < -0.39 is 0 Å². The van der Waals surface area contributed by atoms with Crippen molar-refractivity contribution in [2.24, 2.45) is 0 Å². The van der Waals surface area contributed by atoms with Gasteiger partial charge in [-0.2, -0.15) is 0 Å². The summed E-state index contributed by atoms with van der Waals surface area (Å²) in [5.41, 5.74) is 6.54. The van der Waals surface area contributed by atoms with Crippen LogP contribution in [0.25, 0.3) is 0 Å². The molecule has 0 fully saturated rings. The third-order valence-electron chi connectivity index (χ3n) is 2.33. The van der Waals surface area contributed by atoms with Crippen LogP contribution in [0, 0.1) is 5.82 Å². The second-order valence-corrected chi connectivity index (χ2v) is 3.55. The molecule has 1 aliphatic rings. The van der Waals surface area contributed by atoms with Crippen molar-refractivity contribution in [1.82, 2.24) is 4.90 Å². The summed E-state index contributed by atoms with van der Waals surface area (Å²) in [6.07, 6.45) is 8.03. The Morgan fingerprint density at radius 3 is 2.87 bits per heavy atom. The van der Waals surface area contributed by atoms with Gasteiger partial charge in [0.15, 0.2) is 0 Å². The van der Waals surface area contributed by atoms with Gasteiger partial charge in [-0.15, -0.1) is 0 Å². The van der Waals surface area contributed by atoms with Crippen molar-refractivity contribution >= 4 is 5.69 Å². The number of nitrogens with two attached hydrogens (primary N) is 1. The Morgan fingerprint density at radius 1 is 1.33 bits per heavy atom. The van der Waals surface area contributed by atoms with Gasteiger partial charge in [-0.25, -0.2) is 4.39 Å². The number of benzene rings is 1. The lowest BCUT2D eigenvalue weighted by Gasteiger charge is -2.20. The molecule has 0 aliphatic carbocycles. The van der Waals surface area contributed by atoms with Gasteiger partial charge in [0.05, 0.1) is 5.69 Å². The molecule has 0 saturated carbocycles. The van der Waals surface area contributed by atoms with Crippen LogP contribution in [0.4, 0.5) is 10.1 Å². The second kappa shape index (κ2) is 4.17. The standard InChI is InChI=1S/C12H13FN2/c13-11-8-10(4-5-12(11)14)9-15-6-2-1-3-7-15/h1-6,8H,7,9,14H2. The number of rotatable bonds is 2. The topological polar surface area (TPSA) is 29.3 Å². The van der Waals surface area contributed by atoms with Crippen molar-refractivity contribution < 1.29 is 4.39 Å². The molecule has 0 radical (unpaired) electrons. The van der Waals surface area contributed by atoms with E-state index in [1.807, 2.05) is 24.4 Å². The molecular formula is C12H13FN2. The fourth-order valence-electron chi connectivity index (χ4n) is 1.53.